The summed E-state index contributed by atoms with van der Waals surface area (Å²) in [7, 11) is 0. The molecule has 0 saturated carbocycles. The van der Waals surface area contributed by atoms with E-state index in [9.17, 15) is 0 Å². The van der Waals surface area contributed by atoms with E-state index in [0.717, 1.165) is 135 Å². The van der Waals surface area contributed by atoms with Gasteiger partial charge in [-0.2, -0.15) is 0 Å². The molecular weight excluding hydrogens is 1870 g/mol. The van der Waals surface area contributed by atoms with Crippen LogP contribution in [0.4, 0.5) is 11.4 Å². The number of ether oxygens (including phenoxy) is 10. The molecule has 8 saturated heterocycles. The number of amides is 6. The van der Waals surface area contributed by atoms with Gasteiger partial charge in [-0.3, -0.25) is 58.2 Å². The molecule has 10 aliphatic rings. The molecule has 0 spiro atoms. The summed E-state index contributed by atoms with van der Waals surface area (Å²) >= 11 is 15.5. The largest absolute Gasteiger partial charge is 0.457 e. The Morgan fingerprint density at radius 3 is 0.873 bits per heavy atom. The molecule has 8 fully saturated rings. The number of hydrogen-bond acceptors (Lipinski definition) is 22. The van der Waals surface area contributed by atoms with Gasteiger partial charge in [-0.05, 0) is 193 Å². The van der Waals surface area contributed by atoms with Crippen molar-refractivity contribution in [3.8, 4) is 23.0 Å². The number of carbonyl (C=O) groups excluding carboxylic acids is 6. The molecular formula is C114H114Cl2N8O16S2. The first-order valence-electron chi connectivity index (χ1n) is 49.4. The lowest BCUT2D eigenvalue weighted by Gasteiger charge is -2.36. The summed E-state index contributed by atoms with van der Waals surface area (Å²) < 4.78 is 62.1. The zero-order valence-corrected chi connectivity index (χ0v) is 83.9. The lowest BCUT2D eigenvalue weighted by Crippen LogP contribution is -2.47. The molecule has 0 bridgehead atoms. The molecule has 0 aliphatic carbocycles. The molecule has 28 heteroatoms. The van der Waals surface area contributed by atoms with Gasteiger partial charge in [0.1, 0.15) is 23.0 Å². The number of epoxide rings is 8. The fraction of sp³-hybridized carbons (Fsp3) is 0.386. The first kappa shape index (κ1) is 94.6. The quantitative estimate of drug-likeness (QED) is 0.0155. The third-order valence-corrected chi connectivity index (χ3v) is 31.8. The summed E-state index contributed by atoms with van der Waals surface area (Å²) in [5, 5.41) is 14.1. The molecule has 23 rings (SSSR count). The number of imide groups is 2. The van der Waals surface area contributed by atoms with Gasteiger partial charge in [0.25, 0.3) is 35.4 Å². The molecule has 142 heavy (non-hydrogen) atoms. The van der Waals surface area contributed by atoms with Gasteiger partial charge in [-0.1, -0.05) is 164 Å². The average molecular weight is 1990 g/mol. The Kier molecular flexibility index (Phi) is 25.2. The summed E-state index contributed by atoms with van der Waals surface area (Å²) in [5.41, 5.74) is 6.73. The van der Waals surface area contributed by atoms with Crippen molar-refractivity contribution in [3.05, 3.63) is 291 Å². The number of thiophene rings is 2. The molecule has 12 heterocycles. The highest BCUT2D eigenvalue weighted by atomic mass is 35.5. The van der Waals surface area contributed by atoms with Gasteiger partial charge in [0.2, 0.25) is 0 Å². The number of fused-ring (bicyclic) bond motifs is 2. The van der Waals surface area contributed by atoms with Crippen LogP contribution in [0, 0.1) is 0 Å². The minimum atomic E-state index is -1.55. The monoisotopic (exact) mass is 1980 g/mol. The van der Waals surface area contributed by atoms with E-state index in [-0.39, 0.29) is 112 Å². The van der Waals surface area contributed by atoms with Crippen molar-refractivity contribution in [2.75, 3.05) is 142 Å². The highest BCUT2D eigenvalue weighted by Gasteiger charge is 2.49. The predicted octanol–water partition coefficient (Wildman–Crippen LogP) is 19.4. The van der Waals surface area contributed by atoms with E-state index in [1.165, 1.54) is 22.7 Å². The number of nitrogens with zero attached hydrogens (tertiary/aromatic N) is 6. The second-order valence-electron chi connectivity index (χ2n) is 42.8. The number of hydrogen-bond donors (Lipinski definition) is 2. The van der Waals surface area contributed by atoms with Crippen LogP contribution < -0.4 is 20.1 Å². The van der Waals surface area contributed by atoms with Crippen molar-refractivity contribution in [3.63, 3.8) is 0 Å². The molecule has 2 N–H and O–H groups in total. The fourth-order valence-corrected chi connectivity index (χ4v) is 23.6. The Bertz CT molecular complexity index is 6230. The van der Waals surface area contributed by atoms with Gasteiger partial charge in [0.15, 0.2) is 12.1 Å². The van der Waals surface area contributed by atoms with Crippen LogP contribution in [0.25, 0.3) is 43.1 Å². The minimum absolute atomic E-state index is 0.0445. The first-order valence-corrected chi connectivity index (χ1v) is 51.9. The van der Waals surface area contributed by atoms with Crippen molar-refractivity contribution in [2.24, 2.45) is 0 Å². The maximum Gasteiger partial charge on any atom is 0.262 e. The van der Waals surface area contributed by atoms with Gasteiger partial charge in [-0.25, -0.2) is 0 Å². The summed E-state index contributed by atoms with van der Waals surface area (Å²) in [4.78, 5) is 114. The number of halogens is 2. The summed E-state index contributed by atoms with van der Waals surface area (Å²) in [6.45, 7) is 32.8. The Morgan fingerprint density at radius 2 is 0.613 bits per heavy atom. The van der Waals surface area contributed by atoms with Gasteiger partial charge < -0.3 is 58.0 Å². The number of rotatable bonds is 44. The van der Waals surface area contributed by atoms with E-state index < -0.39 is 58.4 Å². The van der Waals surface area contributed by atoms with Gasteiger partial charge >= 0.3 is 0 Å². The molecule has 10 unspecified atom stereocenters. The topological polar surface area (TPSA) is 265 Å². The maximum atomic E-state index is 17.3. The number of carbonyl (C=O) groups is 6. The van der Waals surface area contributed by atoms with E-state index in [2.05, 4.69) is 158 Å². The second kappa shape index (κ2) is 37.9. The molecule has 11 aromatic carbocycles. The third kappa shape index (κ3) is 20.3. The number of anilines is 2. The Balaban J connectivity index is 0.781. The van der Waals surface area contributed by atoms with E-state index in [1.807, 2.05) is 47.2 Å². The zero-order valence-electron chi connectivity index (χ0n) is 80.7. The standard InChI is InChI=1S/C114H114Cl2N8O16S2/c1-111(2,61-119(45-79-53-131-79)46-80-54-132-80)69-17-13-65(14-18-69)39-67-41-87-97-88(108(128)123(107(87)127)103(93-11-9-37-141-93)105(125)117-75-29-25-73(115)26-30-75)42-68(40-66-15-19-70(20-16-66)112(3,4)62-120(47-81-55-133-81)48-82-56-134-82)96-100-92(140-78-35-23-72(24-36-78)114(7,8)64-122(51-85-59-137-85)52-86-60-138-86)44-90-98-89(109(129)124(110(90)130)104(94-12-10-38-142-94)106(126)118-76-31-27-74(116)28-32-76)43-91(99(102(98)100)95(67)101(96)97)139-77-33-21-71(22-34-77)113(5,6)63-121(49-83-57-135-83)50-84-58-136-84/h9-38,41-44,79-86,103-104H,39-40,45-64H2,1-8H3,(H,117,125)(H,118,126). The average Bonchev–Trinajstić information content (AvgIpc) is 1.28. The Labute approximate surface area is 842 Å². The number of nitrogens with one attached hydrogen (secondary N) is 2. The van der Waals surface area contributed by atoms with Crippen molar-refractivity contribution >= 4 is 136 Å². The molecule has 10 atom stereocenters. The Hall–Kier alpha value is -11.0. The third-order valence-electron chi connectivity index (χ3n) is 29.4. The molecule has 0 radical (unpaired) electrons. The molecule has 13 aromatic rings. The van der Waals surface area contributed by atoms with E-state index in [1.54, 1.807) is 84.9 Å². The van der Waals surface area contributed by atoms with Gasteiger partial charge in [0.05, 0.1) is 113 Å². The lowest BCUT2D eigenvalue weighted by atomic mass is 9.77. The van der Waals surface area contributed by atoms with Crippen LogP contribution in [0.1, 0.15) is 163 Å². The van der Waals surface area contributed by atoms with Crippen molar-refractivity contribution in [1.29, 1.82) is 0 Å². The van der Waals surface area contributed by atoms with Crippen LogP contribution in [0.3, 0.4) is 0 Å². The first-order chi connectivity index (χ1) is 68.5. The SMILES string of the molecule is CC(C)(CN(CC1CO1)CC1CO1)c1ccc(Cc2cc3c4c(cc(Cc5ccc(C(C)(C)CN(CC6CO6)CC6CO6)cc5)c5c6c(Oc7ccc(C(C)(C)CN(CC8CO8)CC8CO8)cc7)cc7c8c(cc(Oc9ccc(C(C)(C)CN(CC%10CO%10)CC%10CO%10)cc9)c(c2c45)c86)C(=O)N(C(C(=O)Nc2ccc(Cl)cc2)c2cccs2)C7=O)C(=O)N(C(C(=O)Nc2ccc(Cl)cc2)c2cccs2)C3=O)cc1. The zero-order chi connectivity index (χ0) is 97.5. The van der Waals surface area contributed by atoms with Gasteiger partial charge in [-0.15, -0.1) is 22.7 Å². The highest BCUT2D eigenvalue weighted by Crippen LogP contribution is 2.57. The van der Waals surface area contributed by atoms with E-state index >= 15 is 28.8 Å². The van der Waals surface area contributed by atoms with Crippen molar-refractivity contribution < 1.29 is 76.1 Å². The van der Waals surface area contributed by atoms with Crippen LogP contribution in [-0.4, -0.2) is 245 Å². The normalized spacial score (nSPS) is 21.0. The van der Waals surface area contributed by atoms with Crippen LogP contribution in [0.2, 0.25) is 10.0 Å². The van der Waals surface area contributed by atoms with Crippen LogP contribution in [0.5, 0.6) is 23.0 Å². The molecule has 2 aromatic heterocycles. The van der Waals surface area contributed by atoms with Crippen LogP contribution >= 0.6 is 45.9 Å². The molecule has 10 aliphatic heterocycles. The fourth-order valence-electron chi connectivity index (χ4n) is 21.7. The van der Waals surface area contributed by atoms with Crippen molar-refractivity contribution in [2.45, 2.75) is 151 Å². The molecule has 6 amide bonds. The smallest absolute Gasteiger partial charge is 0.262 e. The van der Waals surface area contributed by atoms with E-state index in [4.69, 9.17) is 70.6 Å². The molecule has 24 nitrogen and oxygen atoms in total. The summed E-state index contributed by atoms with van der Waals surface area (Å²) in [6, 6.07) is 58.0. The van der Waals surface area contributed by atoms with Crippen LogP contribution in [-0.2, 0) is 82.0 Å². The molecule has 732 valence electrons. The summed E-state index contributed by atoms with van der Waals surface area (Å²) in [5.74, 6) is -3.20. The Morgan fingerprint density at radius 1 is 0.352 bits per heavy atom. The second-order valence-corrected chi connectivity index (χ2v) is 45.6. The lowest BCUT2D eigenvalue weighted by molar-refractivity contribution is -0.120. The minimum Gasteiger partial charge on any atom is -0.457 e. The van der Waals surface area contributed by atoms with E-state index in [0.29, 0.717) is 131 Å². The van der Waals surface area contributed by atoms with Gasteiger partial charge in [0, 0.05) is 169 Å². The predicted molar refractivity (Wildman–Crippen MR) is 550 cm³/mol. The number of benzene rings is 11. The summed E-state index contributed by atoms with van der Waals surface area (Å²) in [6.07, 6.45) is 1.54. The highest BCUT2D eigenvalue weighted by molar-refractivity contribution is 7.10. The maximum absolute atomic E-state index is 17.3. The van der Waals surface area contributed by atoms with Crippen molar-refractivity contribution in [1.82, 2.24) is 29.4 Å². The van der Waals surface area contributed by atoms with Crippen LogP contribution in [0.15, 0.2) is 205 Å².